The summed E-state index contributed by atoms with van der Waals surface area (Å²) in [4.78, 5) is 24.4. The first-order valence-electron chi connectivity index (χ1n) is 8.07. The maximum atomic E-state index is 12.2. The first kappa shape index (κ1) is 19.1. The predicted octanol–water partition coefficient (Wildman–Crippen LogP) is 6.22. The lowest BCUT2D eigenvalue weighted by Gasteiger charge is -2.05. The molecule has 27 heavy (non-hydrogen) atoms. The number of rotatable bonds is 5. The Morgan fingerprint density at radius 3 is 2.26 bits per heavy atom. The highest BCUT2D eigenvalue weighted by Gasteiger charge is 2.08. The van der Waals surface area contributed by atoms with Crippen LogP contribution in [0.1, 0.15) is 26.3 Å². The molecule has 0 radical (unpaired) electrons. The molecule has 0 fully saturated rings. The van der Waals surface area contributed by atoms with Gasteiger partial charge in [0, 0.05) is 15.1 Å². The van der Waals surface area contributed by atoms with Crippen LogP contribution in [0.25, 0.3) is 6.08 Å². The van der Waals surface area contributed by atoms with E-state index in [-0.39, 0.29) is 5.78 Å². The fraction of sp³-hybridized carbons (Fsp3) is 0. The molecule has 0 aliphatic rings. The first-order chi connectivity index (χ1) is 13.0. The van der Waals surface area contributed by atoms with Gasteiger partial charge in [0.2, 0.25) is 0 Å². The monoisotopic (exact) mass is 440 g/mol. The smallest absolute Gasteiger partial charge is 0.343 e. The molecular weight excluding hydrogens is 428 g/mol. The summed E-state index contributed by atoms with van der Waals surface area (Å²) in [7, 11) is 0. The van der Waals surface area contributed by atoms with Crippen molar-refractivity contribution in [3.05, 3.63) is 105 Å². The fourth-order valence-corrected chi connectivity index (χ4v) is 2.71. The maximum Gasteiger partial charge on any atom is 0.343 e. The second-order valence-corrected chi connectivity index (χ2v) is 7.03. The Labute approximate surface area is 170 Å². The Kier molecular flexibility index (Phi) is 6.22. The van der Waals surface area contributed by atoms with E-state index in [9.17, 15) is 9.59 Å². The third-order valence-electron chi connectivity index (χ3n) is 3.70. The van der Waals surface area contributed by atoms with Crippen LogP contribution in [0.2, 0.25) is 5.02 Å². The molecule has 0 aliphatic heterocycles. The quantitative estimate of drug-likeness (QED) is 0.204. The summed E-state index contributed by atoms with van der Waals surface area (Å²) in [6, 6.07) is 20.6. The van der Waals surface area contributed by atoms with Gasteiger partial charge in [0.25, 0.3) is 0 Å². The number of allylic oxidation sites excluding steroid dienone is 1. The number of carbonyl (C=O) groups is 2. The number of ether oxygens (including phenoxy) is 1. The number of esters is 1. The van der Waals surface area contributed by atoms with Crippen LogP contribution in [-0.2, 0) is 0 Å². The summed E-state index contributed by atoms with van der Waals surface area (Å²) < 4.78 is 6.28. The van der Waals surface area contributed by atoms with Crippen LogP contribution in [-0.4, -0.2) is 11.8 Å². The third-order valence-corrected chi connectivity index (χ3v) is 4.49. The van der Waals surface area contributed by atoms with Crippen LogP contribution in [0.5, 0.6) is 5.75 Å². The summed E-state index contributed by atoms with van der Waals surface area (Å²) in [5.74, 6) is -0.172. The van der Waals surface area contributed by atoms with Crippen LogP contribution >= 0.6 is 27.5 Å². The standard InChI is InChI=1S/C22H14BrClO3/c23-18-9-5-17(6-10-18)22(26)27-20-3-1-2-15(14-20)4-13-21(25)16-7-11-19(24)12-8-16/h1-14H/b13-4+. The van der Waals surface area contributed by atoms with Gasteiger partial charge in [0.1, 0.15) is 5.75 Å². The zero-order valence-electron chi connectivity index (χ0n) is 14.1. The van der Waals surface area contributed by atoms with Gasteiger partial charge in [-0.3, -0.25) is 4.79 Å². The molecule has 0 aliphatic carbocycles. The van der Waals surface area contributed by atoms with Crippen LogP contribution in [0.3, 0.4) is 0 Å². The minimum Gasteiger partial charge on any atom is -0.423 e. The second kappa shape index (κ2) is 8.80. The topological polar surface area (TPSA) is 43.4 Å². The third kappa shape index (κ3) is 5.39. The van der Waals surface area contributed by atoms with E-state index >= 15 is 0 Å². The molecule has 0 saturated heterocycles. The summed E-state index contributed by atoms with van der Waals surface area (Å²) in [6.45, 7) is 0. The normalized spacial score (nSPS) is 10.7. The number of ketones is 1. The minimum atomic E-state index is -0.444. The van der Waals surface area contributed by atoms with Crippen molar-refractivity contribution < 1.29 is 14.3 Å². The van der Waals surface area contributed by atoms with Gasteiger partial charge in [-0.1, -0.05) is 45.7 Å². The van der Waals surface area contributed by atoms with E-state index in [0.717, 1.165) is 10.0 Å². The number of halogens is 2. The van der Waals surface area contributed by atoms with E-state index in [2.05, 4.69) is 15.9 Å². The van der Waals surface area contributed by atoms with Crippen molar-refractivity contribution in [1.29, 1.82) is 0 Å². The van der Waals surface area contributed by atoms with Crippen molar-refractivity contribution in [2.24, 2.45) is 0 Å². The molecule has 0 atom stereocenters. The number of hydrogen-bond donors (Lipinski definition) is 0. The zero-order chi connectivity index (χ0) is 19.2. The van der Waals surface area contributed by atoms with E-state index in [1.54, 1.807) is 72.8 Å². The number of benzene rings is 3. The molecule has 0 bridgehead atoms. The first-order valence-corrected chi connectivity index (χ1v) is 9.24. The SMILES string of the molecule is O=C(/C=C/c1cccc(OC(=O)c2ccc(Br)cc2)c1)c1ccc(Cl)cc1. The molecule has 0 aromatic heterocycles. The Bertz CT molecular complexity index is 993. The second-order valence-electron chi connectivity index (χ2n) is 5.67. The van der Waals surface area contributed by atoms with Crippen molar-refractivity contribution in [3.63, 3.8) is 0 Å². The van der Waals surface area contributed by atoms with E-state index in [1.807, 2.05) is 6.07 Å². The average molecular weight is 442 g/mol. The number of carbonyl (C=O) groups excluding carboxylic acids is 2. The zero-order valence-corrected chi connectivity index (χ0v) is 16.4. The summed E-state index contributed by atoms with van der Waals surface area (Å²) in [5.41, 5.74) is 1.75. The molecule has 134 valence electrons. The van der Waals surface area contributed by atoms with Crippen molar-refractivity contribution >= 4 is 45.4 Å². The molecule has 3 rings (SSSR count). The van der Waals surface area contributed by atoms with Crippen molar-refractivity contribution in [1.82, 2.24) is 0 Å². The van der Waals surface area contributed by atoms with Gasteiger partial charge in [-0.25, -0.2) is 4.79 Å². The Hall–Kier alpha value is -2.69. The molecule has 0 spiro atoms. The lowest BCUT2D eigenvalue weighted by Crippen LogP contribution is -2.08. The summed E-state index contributed by atoms with van der Waals surface area (Å²) in [6.07, 6.45) is 3.15. The van der Waals surface area contributed by atoms with E-state index in [1.165, 1.54) is 6.08 Å². The van der Waals surface area contributed by atoms with Gasteiger partial charge in [-0.05, 0) is 72.3 Å². The molecule has 0 amide bonds. The lowest BCUT2D eigenvalue weighted by atomic mass is 10.1. The van der Waals surface area contributed by atoms with Gasteiger partial charge in [0.05, 0.1) is 5.56 Å². The highest BCUT2D eigenvalue weighted by atomic mass is 79.9. The highest BCUT2D eigenvalue weighted by molar-refractivity contribution is 9.10. The fourth-order valence-electron chi connectivity index (χ4n) is 2.32. The van der Waals surface area contributed by atoms with Crippen LogP contribution in [0.4, 0.5) is 0 Å². The minimum absolute atomic E-state index is 0.135. The summed E-state index contributed by atoms with van der Waals surface area (Å²) in [5, 5.41) is 0.579. The van der Waals surface area contributed by atoms with Crippen molar-refractivity contribution in [3.8, 4) is 5.75 Å². The molecule has 0 unspecified atom stereocenters. The molecular formula is C22H14BrClO3. The van der Waals surface area contributed by atoms with Crippen molar-refractivity contribution in [2.75, 3.05) is 0 Å². The van der Waals surface area contributed by atoms with Crippen molar-refractivity contribution in [2.45, 2.75) is 0 Å². The highest BCUT2D eigenvalue weighted by Crippen LogP contribution is 2.18. The van der Waals surface area contributed by atoms with Gasteiger partial charge in [0.15, 0.2) is 5.78 Å². The molecule has 3 aromatic carbocycles. The Balaban J connectivity index is 1.69. The average Bonchev–Trinajstić information content (AvgIpc) is 2.67. The lowest BCUT2D eigenvalue weighted by molar-refractivity contribution is 0.0734. The van der Waals surface area contributed by atoms with Crippen LogP contribution in [0, 0.1) is 0 Å². The molecule has 3 nitrogen and oxygen atoms in total. The number of hydrogen-bond acceptors (Lipinski definition) is 3. The largest absolute Gasteiger partial charge is 0.423 e. The molecule has 0 N–H and O–H groups in total. The molecule has 0 saturated carbocycles. The molecule has 3 aromatic rings. The van der Waals surface area contributed by atoms with Gasteiger partial charge in [-0.2, -0.15) is 0 Å². The van der Waals surface area contributed by atoms with Crippen LogP contribution < -0.4 is 4.74 Å². The van der Waals surface area contributed by atoms with Gasteiger partial charge in [-0.15, -0.1) is 0 Å². The van der Waals surface area contributed by atoms with E-state index in [4.69, 9.17) is 16.3 Å². The maximum absolute atomic E-state index is 12.2. The predicted molar refractivity (Wildman–Crippen MR) is 110 cm³/mol. The molecule has 0 heterocycles. The van der Waals surface area contributed by atoms with Crippen LogP contribution in [0.15, 0.2) is 83.3 Å². The summed E-state index contributed by atoms with van der Waals surface area (Å²) >= 11 is 9.15. The van der Waals surface area contributed by atoms with Gasteiger partial charge < -0.3 is 4.74 Å². The van der Waals surface area contributed by atoms with Gasteiger partial charge >= 0.3 is 5.97 Å². The molecule has 5 heteroatoms. The van der Waals surface area contributed by atoms with E-state index in [0.29, 0.717) is 21.9 Å². The van der Waals surface area contributed by atoms with E-state index < -0.39 is 5.97 Å². The Morgan fingerprint density at radius 1 is 0.889 bits per heavy atom. The Morgan fingerprint density at radius 2 is 1.56 bits per heavy atom.